The van der Waals surface area contributed by atoms with Crippen LogP contribution in [0, 0.1) is 0 Å². The molecule has 0 amide bonds. The first-order valence-corrected chi connectivity index (χ1v) is 16.8. The molecule has 4 rings (SSSR count). The summed E-state index contributed by atoms with van der Waals surface area (Å²) in [7, 11) is 0. The number of rotatable bonds is 15. The Morgan fingerprint density at radius 1 is 0.452 bits per heavy atom. The normalized spacial score (nSPS) is 10.9. The number of alkyl halides is 3. The number of nitrogens with zero attached hydrogens (tertiary/aromatic N) is 3. The van der Waals surface area contributed by atoms with Crippen molar-refractivity contribution < 1.29 is 14.5 Å². The molecule has 3 aromatic carbocycles. The number of aryl methyl sites for hydroxylation is 3. The van der Waals surface area contributed by atoms with Crippen molar-refractivity contribution in [2.75, 3.05) is 16.0 Å². The van der Waals surface area contributed by atoms with Crippen molar-refractivity contribution in [3.8, 4) is 17.2 Å². The second-order valence-electron chi connectivity index (χ2n) is 9.21. The first-order valence-electron chi connectivity index (χ1n) is 13.5. The van der Waals surface area contributed by atoms with Crippen molar-refractivity contribution in [3.63, 3.8) is 0 Å². The summed E-state index contributed by atoms with van der Waals surface area (Å²) in [5.41, 5.74) is -0.965. The highest BCUT2D eigenvalue weighted by Gasteiger charge is 2.23. The lowest BCUT2D eigenvalue weighted by molar-refractivity contribution is 0.0642. The molecule has 12 heteroatoms. The molecule has 4 aromatic rings. The van der Waals surface area contributed by atoms with E-state index in [1.165, 1.54) is 0 Å². The molecule has 1 aromatic heterocycles. The number of benzene rings is 3. The molecule has 42 heavy (non-hydrogen) atoms. The molecule has 222 valence electrons. The van der Waals surface area contributed by atoms with Crippen LogP contribution in [0.1, 0.15) is 36.0 Å². The van der Waals surface area contributed by atoms with Crippen molar-refractivity contribution in [1.29, 1.82) is 0 Å². The van der Waals surface area contributed by atoms with Crippen molar-refractivity contribution in [1.82, 2.24) is 14.2 Å². The Labute approximate surface area is 267 Å². The highest BCUT2D eigenvalue weighted by molar-refractivity contribution is 9.09. The molecule has 1 heterocycles. The summed E-state index contributed by atoms with van der Waals surface area (Å²) in [6.07, 6.45) is 4.33. The van der Waals surface area contributed by atoms with Gasteiger partial charge in [0.15, 0.2) is 17.2 Å². The number of para-hydroxylation sites is 3. The standard InChI is InChI=1S/C30H30Br3N3O6/c31-19-7-13-22-10-1-4-16-25(22)40-34-28(37)35(41-26-17-5-2-11-23(26)14-8-20-32)30(39)36(29(34)38)42-27-18-6-3-12-24(27)15-9-21-33/h1-6,10-12,16-18H,7-9,13-15,19-21H2. The van der Waals surface area contributed by atoms with Gasteiger partial charge in [-0.2, -0.15) is 0 Å². The van der Waals surface area contributed by atoms with E-state index in [4.69, 9.17) is 14.5 Å². The lowest BCUT2D eigenvalue weighted by Crippen LogP contribution is -2.58. The van der Waals surface area contributed by atoms with Gasteiger partial charge in [0.05, 0.1) is 0 Å². The predicted molar refractivity (Wildman–Crippen MR) is 173 cm³/mol. The first-order chi connectivity index (χ1) is 20.5. The van der Waals surface area contributed by atoms with Gasteiger partial charge in [-0.15, -0.1) is 0 Å². The van der Waals surface area contributed by atoms with E-state index >= 15 is 0 Å². The molecule has 0 bridgehead atoms. The van der Waals surface area contributed by atoms with Gasteiger partial charge in [-0.25, -0.2) is 14.4 Å². The van der Waals surface area contributed by atoms with E-state index in [1.807, 2.05) is 36.4 Å². The maximum atomic E-state index is 13.7. The van der Waals surface area contributed by atoms with Crippen LogP contribution in [-0.4, -0.2) is 30.2 Å². The summed E-state index contributed by atoms with van der Waals surface area (Å²) < 4.78 is 1.45. The Morgan fingerprint density at radius 3 is 0.976 bits per heavy atom. The lowest BCUT2D eigenvalue weighted by Gasteiger charge is -2.17. The molecule has 0 aliphatic heterocycles. The predicted octanol–water partition coefficient (Wildman–Crippen LogP) is 5.68. The Bertz CT molecular complexity index is 1440. The Morgan fingerprint density at radius 2 is 0.714 bits per heavy atom. The smallest absolute Gasteiger partial charge is 0.366 e. The van der Waals surface area contributed by atoms with E-state index in [2.05, 4.69) is 47.8 Å². The van der Waals surface area contributed by atoms with Crippen LogP contribution in [0.5, 0.6) is 17.2 Å². The molecule has 0 spiro atoms. The highest BCUT2D eigenvalue weighted by Crippen LogP contribution is 2.22. The van der Waals surface area contributed by atoms with Crippen LogP contribution in [0.4, 0.5) is 0 Å². The molecule has 0 N–H and O–H groups in total. The topological polar surface area (TPSA) is 93.7 Å². The van der Waals surface area contributed by atoms with E-state index in [1.54, 1.807) is 36.4 Å². The zero-order valence-electron chi connectivity index (χ0n) is 22.7. The number of halogens is 3. The maximum Gasteiger partial charge on any atom is 0.404 e. The van der Waals surface area contributed by atoms with Crippen molar-refractivity contribution >= 4 is 47.8 Å². The fourth-order valence-electron chi connectivity index (χ4n) is 4.19. The van der Waals surface area contributed by atoms with E-state index in [0.717, 1.165) is 51.9 Å². The molecule has 9 nitrogen and oxygen atoms in total. The monoisotopic (exact) mass is 765 g/mol. The van der Waals surface area contributed by atoms with Gasteiger partial charge < -0.3 is 14.5 Å². The quantitative estimate of drug-likeness (QED) is 0.145. The Hall–Kier alpha value is -3.09. The zero-order valence-corrected chi connectivity index (χ0v) is 27.5. The van der Waals surface area contributed by atoms with Crippen LogP contribution in [0.3, 0.4) is 0 Å². The molecule has 0 aliphatic rings. The summed E-state index contributed by atoms with van der Waals surface area (Å²) in [4.78, 5) is 58.7. The van der Waals surface area contributed by atoms with Crippen LogP contribution in [-0.2, 0) is 19.3 Å². The van der Waals surface area contributed by atoms with Crippen molar-refractivity contribution in [2.24, 2.45) is 0 Å². The maximum absolute atomic E-state index is 13.7. The Balaban J connectivity index is 1.86. The highest BCUT2D eigenvalue weighted by atomic mass is 79.9. The average Bonchev–Trinajstić information content (AvgIpc) is 3.01. The van der Waals surface area contributed by atoms with E-state index < -0.39 is 17.1 Å². The van der Waals surface area contributed by atoms with Crippen LogP contribution >= 0.6 is 47.8 Å². The van der Waals surface area contributed by atoms with Crippen LogP contribution in [0.15, 0.2) is 87.2 Å². The molecule has 0 radical (unpaired) electrons. The third kappa shape index (κ3) is 7.84. The molecule has 0 aliphatic carbocycles. The van der Waals surface area contributed by atoms with Crippen molar-refractivity contribution in [2.45, 2.75) is 38.5 Å². The SMILES string of the molecule is O=c1n(Oc2ccccc2CCCBr)c(=O)n(Oc2ccccc2CCCBr)c(=O)n1Oc1ccccc1CCCBr. The van der Waals surface area contributed by atoms with Crippen LogP contribution in [0.2, 0.25) is 0 Å². The minimum absolute atomic E-state index is 0.296. The molecular formula is C30H30Br3N3O6. The fourth-order valence-corrected chi connectivity index (χ4v) is 5.03. The van der Waals surface area contributed by atoms with Crippen LogP contribution < -0.4 is 31.6 Å². The van der Waals surface area contributed by atoms with Crippen LogP contribution in [0.25, 0.3) is 0 Å². The van der Waals surface area contributed by atoms with Gasteiger partial charge in [-0.1, -0.05) is 117 Å². The summed E-state index contributed by atoms with van der Waals surface area (Å²) in [5.74, 6) is 0.888. The van der Waals surface area contributed by atoms with E-state index in [9.17, 15) is 14.4 Å². The summed E-state index contributed by atoms with van der Waals surface area (Å²) >= 11 is 10.3. The van der Waals surface area contributed by atoms with Gasteiger partial charge in [0.2, 0.25) is 0 Å². The van der Waals surface area contributed by atoms with Gasteiger partial charge >= 0.3 is 17.1 Å². The van der Waals surface area contributed by atoms with Gasteiger partial charge in [0.25, 0.3) is 0 Å². The van der Waals surface area contributed by atoms with E-state index in [-0.39, 0.29) is 0 Å². The molecule has 0 atom stereocenters. The second-order valence-corrected chi connectivity index (χ2v) is 11.6. The average molecular weight is 768 g/mol. The number of hydrogen-bond acceptors (Lipinski definition) is 6. The Kier molecular flexibility index (Phi) is 12.1. The number of hydrogen-bond donors (Lipinski definition) is 0. The third-order valence-corrected chi connectivity index (χ3v) is 7.95. The van der Waals surface area contributed by atoms with E-state index in [0.29, 0.717) is 50.7 Å². The molecule has 0 fully saturated rings. The van der Waals surface area contributed by atoms with Gasteiger partial charge in [0.1, 0.15) is 0 Å². The zero-order chi connectivity index (χ0) is 29.9. The lowest BCUT2D eigenvalue weighted by atomic mass is 10.1. The summed E-state index contributed by atoms with van der Waals surface area (Å²) in [6, 6.07) is 21.3. The summed E-state index contributed by atoms with van der Waals surface area (Å²) in [5, 5.41) is 2.30. The second kappa shape index (κ2) is 15.9. The van der Waals surface area contributed by atoms with Gasteiger partial charge in [0, 0.05) is 16.0 Å². The minimum atomic E-state index is -1.11. The van der Waals surface area contributed by atoms with Gasteiger partial charge in [-0.3, -0.25) is 0 Å². The first kappa shape index (κ1) is 31.8. The number of aromatic nitrogens is 3. The van der Waals surface area contributed by atoms with Crippen molar-refractivity contribution in [3.05, 3.63) is 121 Å². The largest absolute Gasteiger partial charge is 0.404 e. The molecule has 0 unspecified atom stereocenters. The molecular weight excluding hydrogens is 738 g/mol. The molecule has 0 saturated heterocycles. The minimum Gasteiger partial charge on any atom is -0.366 e. The fraction of sp³-hybridized carbons (Fsp3) is 0.300. The molecule has 0 saturated carbocycles. The van der Waals surface area contributed by atoms with Gasteiger partial charge in [-0.05, 0) is 73.4 Å². The summed E-state index contributed by atoms with van der Waals surface area (Å²) in [6.45, 7) is 0. The third-order valence-electron chi connectivity index (χ3n) is 6.27.